The lowest BCUT2D eigenvalue weighted by Gasteiger charge is -2.19. The molecule has 0 aliphatic heterocycles. The smallest absolute Gasteiger partial charge is 0.254 e. The summed E-state index contributed by atoms with van der Waals surface area (Å²) in [6.45, 7) is 4.78. The van der Waals surface area contributed by atoms with Gasteiger partial charge in [0.15, 0.2) is 0 Å². The molecule has 1 aromatic carbocycles. The third-order valence-electron chi connectivity index (χ3n) is 2.99. The van der Waals surface area contributed by atoms with Crippen molar-refractivity contribution in [1.29, 1.82) is 0 Å². The lowest BCUT2D eigenvalue weighted by Crippen LogP contribution is -2.38. The van der Waals surface area contributed by atoms with Crippen molar-refractivity contribution in [2.45, 2.75) is 26.8 Å². The van der Waals surface area contributed by atoms with E-state index in [0.717, 1.165) is 12.1 Å². The summed E-state index contributed by atoms with van der Waals surface area (Å²) >= 11 is 0. The van der Waals surface area contributed by atoms with E-state index in [2.05, 4.69) is 5.32 Å². The quantitative estimate of drug-likeness (QED) is 0.867. The van der Waals surface area contributed by atoms with Crippen LogP contribution in [-0.2, 0) is 0 Å². The van der Waals surface area contributed by atoms with Crippen LogP contribution in [0.1, 0.15) is 29.8 Å². The van der Waals surface area contributed by atoms with Crippen LogP contribution in [0.5, 0.6) is 0 Å². The van der Waals surface area contributed by atoms with Crippen molar-refractivity contribution in [1.82, 2.24) is 5.32 Å². The zero-order valence-electron chi connectivity index (χ0n) is 10.6. The van der Waals surface area contributed by atoms with Crippen LogP contribution in [0.2, 0.25) is 0 Å². The Morgan fingerprint density at radius 2 is 1.94 bits per heavy atom. The van der Waals surface area contributed by atoms with E-state index in [1.165, 1.54) is 6.92 Å². The van der Waals surface area contributed by atoms with Gasteiger partial charge in [0.2, 0.25) is 0 Å². The van der Waals surface area contributed by atoms with Crippen molar-refractivity contribution in [2.75, 3.05) is 6.61 Å². The second-order valence-electron chi connectivity index (χ2n) is 4.50. The summed E-state index contributed by atoms with van der Waals surface area (Å²) < 4.78 is 26.8. The molecule has 2 unspecified atom stereocenters. The predicted octanol–water partition coefficient (Wildman–Crippen LogP) is 2.02. The van der Waals surface area contributed by atoms with Gasteiger partial charge in [-0.1, -0.05) is 6.92 Å². The number of rotatable bonds is 4. The summed E-state index contributed by atoms with van der Waals surface area (Å²) in [5, 5.41) is 11.5. The van der Waals surface area contributed by atoms with Gasteiger partial charge in [-0.05, 0) is 37.5 Å². The fourth-order valence-corrected chi connectivity index (χ4v) is 1.41. The number of aliphatic hydroxyl groups excluding tert-OH is 1. The molecule has 0 aliphatic carbocycles. The number of nitrogens with one attached hydrogen (secondary N) is 1. The molecule has 1 amide bonds. The topological polar surface area (TPSA) is 49.3 Å². The number of aryl methyl sites for hydroxylation is 1. The molecule has 0 bridgehead atoms. The number of hydrogen-bond donors (Lipinski definition) is 2. The summed E-state index contributed by atoms with van der Waals surface area (Å²) in [7, 11) is 0. The van der Waals surface area contributed by atoms with Crippen molar-refractivity contribution in [3.63, 3.8) is 0 Å². The number of hydrogen-bond acceptors (Lipinski definition) is 2. The van der Waals surface area contributed by atoms with Gasteiger partial charge in [0.25, 0.3) is 5.91 Å². The number of aliphatic hydroxyl groups is 1. The molecule has 2 atom stereocenters. The maximum Gasteiger partial charge on any atom is 0.254 e. The summed E-state index contributed by atoms with van der Waals surface area (Å²) in [5.41, 5.74) is -0.170. The SMILES string of the molecule is Cc1cc(F)c(C(=O)NC(C)C(C)CO)cc1F. The van der Waals surface area contributed by atoms with Gasteiger partial charge in [0.05, 0.1) is 5.56 Å². The second-order valence-corrected chi connectivity index (χ2v) is 4.50. The lowest BCUT2D eigenvalue weighted by molar-refractivity contribution is 0.0911. The van der Waals surface area contributed by atoms with Crippen LogP contribution in [0.15, 0.2) is 12.1 Å². The van der Waals surface area contributed by atoms with Crippen LogP contribution < -0.4 is 5.32 Å². The highest BCUT2D eigenvalue weighted by molar-refractivity contribution is 5.94. The summed E-state index contributed by atoms with van der Waals surface area (Å²) in [6, 6.07) is 1.55. The number of benzene rings is 1. The molecule has 0 aromatic heterocycles. The Hall–Kier alpha value is -1.49. The molecule has 3 nitrogen and oxygen atoms in total. The Morgan fingerprint density at radius 3 is 2.50 bits per heavy atom. The highest BCUT2D eigenvalue weighted by atomic mass is 19.1. The lowest BCUT2D eigenvalue weighted by atomic mass is 10.0. The monoisotopic (exact) mass is 257 g/mol. The molecule has 18 heavy (non-hydrogen) atoms. The third kappa shape index (κ3) is 3.26. The molecule has 5 heteroatoms. The first-order valence-electron chi connectivity index (χ1n) is 5.74. The van der Waals surface area contributed by atoms with Gasteiger partial charge in [0.1, 0.15) is 11.6 Å². The molecular formula is C13H17F2NO2. The van der Waals surface area contributed by atoms with E-state index in [4.69, 9.17) is 5.11 Å². The highest BCUT2D eigenvalue weighted by Crippen LogP contribution is 2.14. The fourth-order valence-electron chi connectivity index (χ4n) is 1.41. The van der Waals surface area contributed by atoms with Crippen molar-refractivity contribution in [3.8, 4) is 0 Å². The van der Waals surface area contributed by atoms with Gasteiger partial charge in [-0.2, -0.15) is 0 Å². The van der Waals surface area contributed by atoms with Crippen molar-refractivity contribution < 1.29 is 18.7 Å². The first kappa shape index (κ1) is 14.6. The Kier molecular flexibility index (Phi) is 4.78. The van der Waals surface area contributed by atoms with Crippen LogP contribution in [0.25, 0.3) is 0 Å². The average molecular weight is 257 g/mol. The van der Waals surface area contributed by atoms with Crippen molar-refractivity contribution in [2.24, 2.45) is 5.92 Å². The van der Waals surface area contributed by atoms with E-state index in [-0.39, 0.29) is 29.7 Å². The van der Waals surface area contributed by atoms with Crippen LogP contribution in [0.3, 0.4) is 0 Å². The zero-order chi connectivity index (χ0) is 13.9. The van der Waals surface area contributed by atoms with Gasteiger partial charge < -0.3 is 10.4 Å². The van der Waals surface area contributed by atoms with E-state index in [1.54, 1.807) is 13.8 Å². The largest absolute Gasteiger partial charge is 0.396 e. The van der Waals surface area contributed by atoms with Gasteiger partial charge in [-0.3, -0.25) is 4.79 Å². The summed E-state index contributed by atoms with van der Waals surface area (Å²) in [4.78, 5) is 11.8. The molecule has 100 valence electrons. The van der Waals surface area contributed by atoms with Crippen molar-refractivity contribution in [3.05, 3.63) is 34.9 Å². The van der Waals surface area contributed by atoms with E-state index in [0.29, 0.717) is 0 Å². The molecule has 0 radical (unpaired) electrons. The Labute approximate surface area is 105 Å². The number of carbonyl (C=O) groups is 1. The molecule has 0 aliphatic rings. The van der Waals surface area contributed by atoms with Gasteiger partial charge in [-0.15, -0.1) is 0 Å². The fraction of sp³-hybridized carbons (Fsp3) is 0.462. The van der Waals surface area contributed by atoms with Crippen LogP contribution in [0, 0.1) is 24.5 Å². The van der Waals surface area contributed by atoms with E-state index in [1.807, 2.05) is 0 Å². The minimum Gasteiger partial charge on any atom is -0.396 e. The van der Waals surface area contributed by atoms with Crippen molar-refractivity contribution >= 4 is 5.91 Å². The van der Waals surface area contributed by atoms with Gasteiger partial charge in [-0.25, -0.2) is 8.78 Å². The molecule has 0 fully saturated rings. The van der Waals surface area contributed by atoms with Crippen LogP contribution in [-0.4, -0.2) is 23.7 Å². The molecule has 0 heterocycles. The van der Waals surface area contributed by atoms with E-state index >= 15 is 0 Å². The highest BCUT2D eigenvalue weighted by Gasteiger charge is 2.19. The maximum atomic E-state index is 13.5. The minimum atomic E-state index is -0.754. The van der Waals surface area contributed by atoms with Gasteiger partial charge >= 0.3 is 0 Å². The van der Waals surface area contributed by atoms with Gasteiger partial charge in [0, 0.05) is 12.6 Å². The number of carbonyl (C=O) groups excluding carboxylic acids is 1. The normalized spacial score (nSPS) is 14.1. The Morgan fingerprint density at radius 1 is 1.33 bits per heavy atom. The van der Waals surface area contributed by atoms with Crippen LogP contribution >= 0.6 is 0 Å². The molecule has 0 saturated carbocycles. The standard InChI is InChI=1S/C13H17F2NO2/c1-7-4-12(15)10(5-11(7)14)13(18)16-9(3)8(2)6-17/h4-5,8-9,17H,6H2,1-3H3,(H,16,18). The maximum absolute atomic E-state index is 13.5. The second kappa shape index (κ2) is 5.91. The molecule has 1 aromatic rings. The summed E-state index contributed by atoms with van der Waals surface area (Å²) in [5.74, 6) is -2.22. The first-order valence-corrected chi connectivity index (χ1v) is 5.74. The Bertz CT molecular complexity index is 449. The summed E-state index contributed by atoms with van der Waals surface area (Å²) in [6.07, 6.45) is 0. The third-order valence-corrected chi connectivity index (χ3v) is 2.99. The zero-order valence-corrected chi connectivity index (χ0v) is 10.6. The number of amides is 1. The van der Waals surface area contributed by atoms with E-state index in [9.17, 15) is 13.6 Å². The number of halogens is 2. The average Bonchev–Trinajstić information content (AvgIpc) is 2.32. The van der Waals surface area contributed by atoms with Crippen LogP contribution in [0.4, 0.5) is 8.78 Å². The Balaban J connectivity index is 2.88. The molecule has 0 saturated heterocycles. The predicted molar refractivity (Wildman–Crippen MR) is 64.3 cm³/mol. The molecular weight excluding hydrogens is 240 g/mol. The first-order chi connectivity index (χ1) is 8.36. The van der Waals surface area contributed by atoms with E-state index < -0.39 is 17.5 Å². The molecule has 2 N–H and O–H groups in total. The molecule has 0 spiro atoms. The minimum absolute atomic E-state index is 0.0911. The molecule has 1 rings (SSSR count).